The fourth-order valence-corrected chi connectivity index (χ4v) is 8.91. The van der Waals surface area contributed by atoms with Crippen LogP contribution in [0.15, 0.2) is 0 Å². The molecule has 8 atom stereocenters. The Morgan fingerprint density at radius 2 is 1.57 bits per heavy atom. The highest BCUT2D eigenvalue weighted by Gasteiger charge is 2.60. The lowest BCUT2D eigenvalue weighted by Crippen LogP contribution is -2.53. The van der Waals surface area contributed by atoms with Crippen molar-refractivity contribution in [3.8, 4) is 0 Å². The summed E-state index contributed by atoms with van der Waals surface area (Å²) in [5.74, 6) is 4.07. The first kappa shape index (κ1) is 28.1. The third-order valence-corrected chi connectivity index (χ3v) is 10.7. The highest BCUT2D eigenvalue weighted by Crippen LogP contribution is 2.67. The summed E-state index contributed by atoms with van der Waals surface area (Å²) in [6.45, 7) is 12.2. The maximum absolute atomic E-state index is 12.2. The lowest BCUT2D eigenvalue weighted by atomic mass is 9.44. The molecule has 4 aliphatic rings. The largest absolute Gasteiger partial charge is 0.480 e. The average Bonchev–Trinajstić information content (AvgIpc) is 3.10. The van der Waals surface area contributed by atoms with Crippen LogP contribution in [-0.2, 0) is 14.4 Å². The fourth-order valence-electron chi connectivity index (χ4n) is 8.91. The molecule has 4 saturated carbocycles. The summed E-state index contributed by atoms with van der Waals surface area (Å²) in [5, 5.41) is 8.36. The number of hydrogen-bond acceptors (Lipinski definition) is 4. The molecule has 4 rings (SSSR count). The highest BCUT2D eigenvalue weighted by molar-refractivity contribution is 5.87. The topological polar surface area (TPSA) is 101 Å². The number of fused-ring (bicyclic) bond motifs is 5. The normalized spacial score (nSPS) is 40.3. The van der Waals surface area contributed by atoms with Crippen molar-refractivity contribution < 1.29 is 19.5 Å². The Morgan fingerprint density at radius 3 is 2.14 bits per heavy atom. The maximum Gasteiger partial charge on any atom is 0.323 e. The first-order chi connectivity index (χ1) is 16.1. The maximum atomic E-state index is 12.2. The molecule has 0 saturated heterocycles. The van der Waals surface area contributed by atoms with Crippen molar-refractivity contribution in [3.63, 3.8) is 0 Å². The molecule has 0 aromatic heterocycles. The monoisotopic (exact) mass is 490 g/mol. The Kier molecular flexibility index (Phi) is 8.16. The van der Waals surface area contributed by atoms with Crippen molar-refractivity contribution in [2.75, 3.05) is 13.6 Å². The molecule has 6 nitrogen and oxygen atoms in total. The minimum Gasteiger partial charge on any atom is -0.480 e. The van der Waals surface area contributed by atoms with Crippen LogP contribution in [0.1, 0.15) is 99.3 Å². The zero-order chi connectivity index (χ0) is 26.3. The predicted molar refractivity (Wildman–Crippen MR) is 139 cm³/mol. The number of carboxylic acids is 1. The van der Waals surface area contributed by atoms with E-state index in [1.807, 2.05) is 6.92 Å². The molecular formula is C29H50N2O4. The molecule has 0 aliphatic heterocycles. The molecule has 4 aliphatic carbocycles. The van der Waals surface area contributed by atoms with Gasteiger partial charge in [0.05, 0.1) is 5.54 Å². The van der Waals surface area contributed by atoms with Gasteiger partial charge in [-0.15, -0.1) is 0 Å². The number of hydrogen-bond donors (Lipinski definition) is 2. The van der Waals surface area contributed by atoms with Crippen molar-refractivity contribution in [3.05, 3.63) is 0 Å². The van der Waals surface area contributed by atoms with Crippen molar-refractivity contribution in [1.82, 2.24) is 4.90 Å². The van der Waals surface area contributed by atoms with Gasteiger partial charge in [-0.3, -0.25) is 14.4 Å². The number of Topliss-reactive ketones (excluding diaryl/α,β-unsaturated/α-hetero) is 1. The van der Waals surface area contributed by atoms with E-state index in [9.17, 15) is 14.4 Å². The second-order valence-electron chi connectivity index (χ2n) is 13.6. The van der Waals surface area contributed by atoms with E-state index in [4.69, 9.17) is 10.8 Å². The number of amides is 1. The molecule has 0 heterocycles. The number of rotatable bonds is 4. The molecule has 6 heteroatoms. The second-order valence-corrected chi connectivity index (χ2v) is 13.6. The van der Waals surface area contributed by atoms with Gasteiger partial charge >= 0.3 is 5.97 Å². The van der Waals surface area contributed by atoms with Crippen molar-refractivity contribution in [1.29, 1.82) is 0 Å². The summed E-state index contributed by atoms with van der Waals surface area (Å²) in [4.78, 5) is 34.7. The quantitative estimate of drug-likeness (QED) is 0.568. The van der Waals surface area contributed by atoms with Gasteiger partial charge in [0.15, 0.2) is 0 Å². The first-order valence-corrected chi connectivity index (χ1v) is 13.9. The molecule has 0 aromatic rings. The number of ketones is 1. The van der Waals surface area contributed by atoms with Crippen LogP contribution in [0, 0.1) is 46.3 Å². The van der Waals surface area contributed by atoms with Gasteiger partial charge in [0.25, 0.3) is 0 Å². The summed E-state index contributed by atoms with van der Waals surface area (Å²) in [5.41, 5.74) is 5.41. The number of nitrogens with zero attached hydrogens (tertiary/aromatic N) is 1. The summed E-state index contributed by atoms with van der Waals surface area (Å²) in [6, 6.07) is 0. The minimum atomic E-state index is -1.05. The Labute approximate surface area is 212 Å². The van der Waals surface area contributed by atoms with Crippen LogP contribution in [0.5, 0.6) is 0 Å². The van der Waals surface area contributed by atoms with E-state index >= 15 is 0 Å². The van der Waals surface area contributed by atoms with Gasteiger partial charge < -0.3 is 15.7 Å². The third-order valence-electron chi connectivity index (χ3n) is 10.7. The Hall–Kier alpha value is -1.43. The lowest BCUT2D eigenvalue weighted by molar-refractivity contribution is -0.145. The van der Waals surface area contributed by atoms with Crippen LogP contribution in [0.25, 0.3) is 0 Å². The average molecular weight is 491 g/mol. The van der Waals surface area contributed by atoms with E-state index in [0.717, 1.165) is 34.5 Å². The van der Waals surface area contributed by atoms with E-state index in [-0.39, 0.29) is 12.5 Å². The van der Waals surface area contributed by atoms with Gasteiger partial charge in [-0.2, -0.15) is 0 Å². The number of carbonyl (C=O) groups excluding carboxylic acids is 2. The molecule has 1 amide bonds. The lowest BCUT2D eigenvalue weighted by Gasteiger charge is -2.61. The molecule has 0 spiro atoms. The van der Waals surface area contributed by atoms with Gasteiger partial charge in [0, 0.05) is 13.0 Å². The van der Waals surface area contributed by atoms with Crippen LogP contribution in [0.4, 0.5) is 0 Å². The van der Waals surface area contributed by atoms with E-state index in [2.05, 4.69) is 20.8 Å². The molecule has 200 valence electrons. The summed E-state index contributed by atoms with van der Waals surface area (Å²) >= 11 is 0. The smallest absolute Gasteiger partial charge is 0.323 e. The number of aliphatic carboxylic acids is 1. The molecular weight excluding hydrogens is 440 g/mol. The van der Waals surface area contributed by atoms with Gasteiger partial charge in [-0.1, -0.05) is 27.2 Å². The van der Waals surface area contributed by atoms with Crippen molar-refractivity contribution in [2.24, 2.45) is 52.1 Å². The highest BCUT2D eigenvalue weighted by atomic mass is 16.4. The summed E-state index contributed by atoms with van der Waals surface area (Å²) in [6.07, 6.45) is 12.6. The second kappa shape index (κ2) is 10.1. The molecule has 8 unspecified atom stereocenters. The van der Waals surface area contributed by atoms with Crippen LogP contribution in [0.2, 0.25) is 0 Å². The minimum absolute atomic E-state index is 0.320. The van der Waals surface area contributed by atoms with E-state index in [0.29, 0.717) is 22.5 Å². The molecule has 0 radical (unpaired) electrons. The van der Waals surface area contributed by atoms with E-state index < -0.39 is 11.5 Å². The Balaban J connectivity index is 0.000000245. The molecule has 0 bridgehead atoms. The number of carbonyl (C=O) groups is 3. The Bertz CT molecular complexity index is 820. The van der Waals surface area contributed by atoms with Gasteiger partial charge in [0.2, 0.25) is 5.91 Å². The Morgan fingerprint density at radius 1 is 0.971 bits per heavy atom. The van der Waals surface area contributed by atoms with Gasteiger partial charge in [0.1, 0.15) is 12.3 Å². The van der Waals surface area contributed by atoms with Gasteiger partial charge in [-0.05, 0) is 113 Å². The molecule has 35 heavy (non-hydrogen) atoms. The standard InChI is InChI=1S/C22H36O.C7H14N2O3/c1-14-9-11-21(3)16(13-14)5-6-17-19-8-7-18(15(2)23)22(19,4)12-10-20(17)21;1-7(2,8)6(12)9(3)4-5(10)11/h14,16-20H,5-13H2,1-4H3;4,8H2,1-3H3,(H,10,11). The van der Waals surface area contributed by atoms with Crippen LogP contribution in [0.3, 0.4) is 0 Å². The van der Waals surface area contributed by atoms with Crippen LogP contribution in [-0.4, -0.2) is 46.8 Å². The van der Waals surface area contributed by atoms with Crippen LogP contribution < -0.4 is 5.73 Å². The van der Waals surface area contributed by atoms with Gasteiger partial charge in [-0.25, -0.2) is 0 Å². The summed E-state index contributed by atoms with van der Waals surface area (Å²) < 4.78 is 0. The zero-order valence-corrected chi connectivity index (χ0v) is 23.2. The fraction of sp³-hybridized carbons (Fsp3) is 0.897. The molecule has 3 N–H and O–H groups in total. The number of carboxylic acid groups (broad SMARTS) is 1. The predicted octanol–water partition coefficient (Wildman–Crippen LogP) is 5.14. The van der Waals surface area contributed by atoms with Crippen molar-refractivity contribution >= 4 is 17.7 Å². The molecule has 4 fully saturated rings. The SMILES string of the molecule is CC(=O)C1CCC2C3CCC4CC(C)CCC4(C)C3CCC12C.CN(CC(=O)O)C(=O)C(C)(C)N. The van der Waals surface area contributed by atoms with E-state index in [1.54, 1.807) is 0 Å². The third kappa shape index (κ3) is 5.47. The number of nitrogens with two attached hydrogens (primary N) is 1. The van der Waals surface area contributed by atoms with Crippen molar-refractivity contribution in [2.45, 2.75) is 105 Å². The molecule has 0 aromatic carbocycles. The zero-order valence-electron chi connectivity index (χ0n) is 23.2. The van der Waals surface area contributed by atoms with E-state index in [1.165, 1.54) is 78.7 Å². The van der Waals surface area contributed by atoms with Crippen LogP contribution >= 0.6 is 0 Å². The number of likely N-dealkylation sites (N-methyl/N-ethyl adjacent to an activating group) is 1. The first-order valence-electron chi connectivity index (χ1n) is 13.9. The summed E-state index contributed by atoms with van der Waals surface area (Å²) in [7, 11) is 1.41.